The van der Waals surface area contributed by atoms with Crippen LogP contribution in [0.5, 0.6) is 11.5 Å². The van der Waals surface area contributed by atoms with Crippen LogP contribution in [0.25, 0.3) is 22.2 Å². The SMILES string of the molecule is COc1cc(OC)c(F)c(-c2ccc(C(=O)O)c3nccnc23)c1F.Nc1ccc(CN2CCNCC2)cn1. The monoisotopic (exact) mass is 538 g/mol. The number of hydrogen-bond donors (Lipinski definition) is 3. The molecule has 0 amide bonds. The van der Waals surface area contributed by atoms with Gasteiger partial charge in [-0.15, -0.1) is 0 Å². The van der Waals surface area contributed by atoms with Gasteiger partial charge in [0.2, 0.25) is 0 Å². The average Bonchev–Trinajstić information content (AvgIpc) is 2.95. The van der Waals surface area contributed by atoms with E-state index in [1.54, 1.807) is 0 Å². The van der Waals surface area contributed by atoms with Crippen LogP contribution in [0.1, 0.15) is 15.9 Å². The maximum atomic E-state index is 14.7. The molecule has 4 N–H and O–H groups in total. The number of methoxy groups -OCH3 is 2. The third kappa shape index (κ3) is 6.19. The number of carboxylic acids is 1. The zero-order valence-corrected chi connectivity index (χ0v) is 21.4. The Hall–Kier alpha value is -4.42. The van der Waals surface area contributed by atoms with Gasteiger partial charge >= 0.3 is 5.97 Å². The molecule has 0 atom stereocenters. The summed E-state index contributed by atoms with van der Waals surface area (Å²) < 4.78 is 39.3. The second-order valence-electron chi connectivity index (χ2n) is 8.62. The molecule has 2 aromatic heterocycles. The normalized spacial score (nSPS) is 13.4. The molecule has 4 aromatic rings. The first-order valence-corrected chi connectivity index (χ1v) is 12.0. The van der Waals surface area contributed by atoms with Crippen LogP contribution < -0.4 is 20.5 Å². The lowest BCUT2D eigenvalue weighted by Crippen LogP contribution is -2.42. The van der Waals surface area contributed by atoms with Crippen molar-refractivity contribution >= 4 is 22.8 Å². The number of pyridine rings is 1. The fourth-order valence-electron chi connectivity index (χ4n) is 4.21. The lowest BCUT2D eigenvalue weighted by Gasteiger charge is -2.26. The second kappa shape index (κ2) is 12.4. The number of nitrogens with two attached hydrogens (primary N) is 1. The lowest BCUT2D eigenvalue weighted by atomic mass is 9.99. The molecule has 1 fully saturated rings. The molecule has 0 aliphatic carbocycles. The minimum absolute atomic E-state index is 0.0214. The maximum Gasteiger partial charge on any atom is 0.337 e. The number of anilines is 1. The predicted molar refractivity (Wildman–Crippen MR) is 142 cm³/mol. The summed E-state index contributed by atoms with van der Waals surface area (Å²) in [5, 5.41) is 12.6. The number of fused-ring (bicyclic) bond motifs is 1. The first-order chi connectivity index (χ1) is 18.8. The van der Waals surface area contributed by atoms with Crippen molar-refractivity contribution in [3.05, 3.63) is 71.7 Å². The Morgan fingerprint density at radius 1 is 1.00 bits per heavy atom. The second-order valence-corrected chi connectivity index (χ2v) is 8.62. The Labute approximate surface area is 223 Å². The summed E-state index contributed by atoms with van der Waals surface area (Å²) in [6, 6.07) is 7.50. The van der Waals surface area contributed by atoms with E-state index in [1.807, 2.05) is 18.3 Å². The van der Waals surface area contributed by atoms with Gasteiger partial charge in [0, 0.05) is 62.9 Å². The van der Waals surface area contributed by atoms with E-state index in [4.69, 9.17) is 15.2 Å². The molecule has 2 aromatic carbocycles. The average molecular weight is 539 g/mol. The third-order valence-corrected chi connectivity index (χ3v) is 6.16. The number of aromatic carboxylic acids is 1. The number of nitrogens with one attached hydrogen (secondary N) is 1. The number of nitrogens with zero attached hydrogens (tertiary/aromatic N) is 4. The minimum Gasteiger partial charge on any atom is -0.494 e. The van der Waals surface area contributed by atoms with E-state index in [0.717, 1.165) is 38.8 Å². The number of hydrogen-bond acceptors (Lipinski definition) is 9. The van der Waals surface area contributed by atoms with E-state index in [9.17, 15) is 18.7 Å². The zero-order valence-electron chi connectivity index (χ0n) is 21.4. The predicted octanol–water partition coefficient (Wildman–Crippen LogP) is 3.36. The van der Waals surface area contributed by atoms with Gasteiger partial charge in [0.1, 0.15) is 11.3 Å². The van der Waals surface area contributed by atoms with Crippen LogP contribution in [0.2, 0.25) is 0 Å². The highest BCUT2D eigenvalue weighted by Gasteiger charge is 2.25. The Bertz CT molecular complexity index is 1440. The number of ether oxygens (including phenoxy) is 2. The highest BCUT2D eigenvalue weighted by atomic mass is 19.1. The molecule has 204 valence electrons. The molecule has 1 aliphatic heterocycles. The largest absolute Gasteiger partial charge is 0.494 e. The van der Waals surface area contributed by atoms with E-state index in [-0.39, 0.29) is 33.7 Å². The molecule has 1 saturated heterocycles. The summed E-state index contributed by atoms with van der Waals surface area (Å²) in [4.78, 5) is 25.9. The molecule has 12 heteroatoms. The molecule has 1 aliphatic rings. The van der Waals surface area contributed by atoms with E-state index in [0.29, 0.717) is 5.82 Å². The molecule has 0 spiro atoms. The number of piperazine rings is 1. The molecular weight excluding hydrogens is 510 g/mol. The van der Waals surface area contributed by atoms with Crippen LogP contribution in [0.4, 0.5) is 14.6 Å². The highest BCUT2D eigenvalue weighted by molar-refractivity contribution is 6.05. The van der Waals surface area contributed by atoms with Crippen molar-refractivity contribution in [1.82, 2.24) is 25.2 Å². The number of aromatic nitrogens is 3. The summed E-state index contributed by atoms with van der Waals surface area (Å²) in [6.07, 6.45) is 4.47. The van der Waals surface area contributed by atoms with Gasteiger partial charge < -0.3 is 25.6 Å². The highest BCUT2D eigenvalue weighted by Crippen LogP contribution is 2.40. The molecule has 0 saturated carbocycles. The number of benzene rings is 2. The van der Waals surface area contributed by atoms with Gasteiger partial charge in [0.15, 0.2) is 23.1 Å². The molecule has 0 radical (unpaired) electrons. The number of nitrogen functional groups attached to an aromatic ring is 1. The number of carboxylic acid groups (broad SMARTS) is 1. The van der Waals surface area contributed by atoms with Crippen molar-refractivity contribution in [2.75, 3.05) is 46.1 Å². The zero-order chi connectivity index (χ0) is 27.9. The van der Waals surface area contributed by atoms with E-state index in [1.165, 1.54) is 44.3 Å². The molecular formula is C27H28F2N6O4. The number of carbonyl (C=O) groups is 1. The van der Waals surface area contributed by atoms with Gasteiger partial charge in [-0.05, 0) is 17.7 Å². The van der Waals surface area contributed by atoms with Crippen molar-refractivity contribution in [3.8, 4) is 22.6 Å². The number of rotatable bonds is 6. The van der Waals surface area contributed by atoms with Gasteiger partial charge in [-0.25, -0.2) is 18.6 Å². The van der Waals surface area contributed by atoms with Crippen molar-refractivity contribution in [2.24, 2.45) is 0 Å². The first-order valence-electron chi connectivity index (χ1n) is 12.0. The van der Waals surface area contributed by atoms with Crippen LogP contribution in [-0.2, 0) is 6.54 Å². The summed E-state index contributed by atoms with van der Waals surface area (Å²) >= 11 is 0. The topological polar surface area (TPSA) is 136 Å². The first kappa shape index (κ1) is 27.6. The molecule has 10 nitrogen and oxygen atoms in total. The Kier molecular flexibility index (Phi) is 8.79. The fourth-order valence-corrected chi connectivity index (χ4v) is 4.21. The van der Waals surface area contributed by atoms with Crippen molar-refractivity contribution in [2.45, 2.75) is 6.54 Å². The van der Waals surface area contributed by atoms with Crippen LogP contribution in [0, 0.1) is 11.6 Å². The number of halogens is 2. The Morgan fingerprint density at radius 2 is 1.64 bits per heavy atom. The molecule has 3 heterocycles. The molecule has 5 rings (SSSR count). The minimum atomic E-state index is -1.22. The van der Waals surface area contributed by atoms with Crippen molar-refractivity contribution in [3.63, 3.8) is 0 Å². The standard InChI is InChI=1S/C17H12F2N2O4.C10H16N4/c1-24-10-7-11(25-2)14(19)12(13(10)18)8-3-4-9(17(22)23)16-15(8)20-5-6-21-16;11-10-2-1-9(7-13-10)8-14-5-3-12-4-6-14/h3-7H,1-2H3,(H,22,23);1-2,7,12H,3-6,8H2,(H2,11,13). The van der Waals surface area contributed by atoms with Crippen LogP contribution in [-0.4, -0.2) is 71.3 Å². The van der Waals surface area contributed by atoms with Gasteiger partial charge in [-0.1, -0.05) is 12.1 Å². The lowest BCUT2D eigenvalue weighted by molar-refractivity contribution is 0.0699. The van der Waals surface area contributed by atoms with Crippen LogP contribution >= 0.6 is 0 Å². The molecule has 0 unspecified atom stereocenters. The molecule has 39 heavy (non-hydrogen) atoms. The fraction of sp³-hybridized carbons (Fsp3) is 0.259. The van der Waals surface area contributed by atoms with Crippen molar-refractivity contribution < 1.29 is 28.2 Å². The quantitative estimate of drug-likeness (QED) is 0.335. The third-order valence-electron chi connectivity index (χ3n) is 6.16. The summed E-state index contributed by atoms with van der Waals surface area (Å²) in [5.41, 5.74) is 6.32. The summed E-state index contributed by atoms with van der Waals surface area (Å²) in [6.45, 7) is 5.38. The maximum absolute atomic E-state index is 14.7. The van der Waals surface area contributed by atoms with Crippen LogP contribution in [0.15, 0.2) is 48.9 Å². The van der Waals surface area contributed by atoms with E-state index >= 15 is 0 Å². The van der Waals surface area contributed by atoms with Gasteiger partial charge in [0.25, 0.3) is 0 Å². The van der Waals surface area contributed by atoms with Gasteiger partial charge in [0.05, 0.1) is 30.9 Å². The Balaban J connectivity index is 0.000000212. The van der Waals surface area contributed by atoms with Gasteiger partial charge in [-0.3, -0.25) is 14.9 Å². The van der Waals surface area contributed by atoms with Crippen molar-refractivity contribution in [1.29, 1.82) is 0 Å². The summed E-state index contributed by atoms with van der Waals surface area (Å²) in [7, 11) is 2.48. The van der Waals surface area contributed by atoms with E-state index in [2.05, 4.69) is 25.2 Å². The van der Waals surface area contributed by atoms with Crippen LogP contribution in [0.3, 0.4) is 0 Å². The van der Waals surface area contributed by atoms with Gasteiger partial charge in [-0.2, -0.15) is 0 Å². The summed E-state index contributed by atoms with van der Waals surface area (Å²) in [5.74, 6) is -2.96. The molecule has 0 bridgehead atoms. The van der Waals surface area contributed by atoms with E-state index < -0.39 is 23.2 Å². The smallest absolute Gasteiger partial charge is 0.337 e. The Morgan fingerprint density at radius 3 is 2.21 bits per heavy atom.